The number of halogens is 2. The average Bonchev–Trinajstić information content (AvgIpc) is 3.57. The molecule has 0 aliphatic carbocycles. The predicted molar refractivity (Wildman–Crippen MR) is 136 cm³/mol. The summed E-state index contributed by atoms with van der Waals surface area (Å²) in [4.78, 5) is 17.8. The van der Waals surface area contributed by atoms with Crippen molar-refractivity contribution < 1.29 is 18.7 Å². The molecular formula is C27H24F2N6O2. The molecule has 0 saturated carbocycles. The zero-order chi connectivity index (χ0) is 25.8. The summed E-state index contributed by atoms with van der Waals surface area (Å²) in [5, 5.41) is 18.9. The minimum atomic E-state index is -0.781. The first-order valence-corrected chi connectivity index (χ1v) is 12.0. The third-order valence-corrected chi connectivity index (χ3v) is 7.08. The molecule has 1 atom stereocenters. The molecular weight excluding hydrogens is 478 g/mol. The van der Waals surface area contributed by atoms with Crippen LogP contribution in [0.25, 0.3) is 38.8 Å². The molecule has 0 amide bonds. The predicted octanol–water partition coefficient (Wildman–Crippen LogP) is 4.86. The summed E-state index contributed by atoms with van der Waals surface area (Å²) in [7, 11) is 1.44. The van der Waals surface area contributed by atoms with Crippen molar-refractivity contribution in [2.24, 2.45) is 13.0 Å². The second-order valence-corrected chi connectivity index (χ2v) is 9.54. The van der Waals surface area contributed by atoms with Gasteiger partial charge in [0.1, 0.15) is 17.0 Å². The van der Waals surface area contributed by atoms with E-state index in [1.807, 2.05) is 37.3 Å². The molecule has 2 aromatic carbocycles. The number of aryl methyl sites for hydroxylation is 2. The van der Waals surface area contributed by atoms with Gasteiger partial charge in [-0.1, -0.05) is 18.2 Å². The number of pyridine rings is 1. The molecule has 5 aromatic rings. The molecule has 1 saturated heterocycles. The van der Waals surface area contributed by atoms with Gasteiger partial charge in [0.25, 0.3) is 0 Å². The third kappa shape index (κ3) is 3.80. The van der Waals surface area contributed by atoms with Crippen LogP contribution in [0.5, 0.6) is 0 Å². The van der Waals surface area contributed by atoms with Gasteiger partial charge in [0.15, 0.2) is 5.82 Å². The highest BCUT2D eigenvalue weighted by Crippen LogP contribution is 2.37. The van der Waals surface area contributed by atoms with Crippen LogP contribution in [-0.4, -0.2) is 48.7 Å². The third-order valence-electron chi connectivity index (χ3n) is 7.08. The van der Waals surface area contributed by atoms with Crippen molar-refractivity contribution in [3.8, 4) is 16.9 Å². The summed E-state index contributed by atoms with van der Waals surface area (Å²) in [6.45, 7) is 3.39. The van der Waals surface area contributed by atoms with E-state index in [0.29, 0.717) is 17.8 Å². The molecule has 3 aromatic heterocycles. The van der Waals surface area contributed by atoms with Crippen LogP contribution in [0, 0.1) is 24.6 Å². The largest absolute Gasteiger partial charge is 0.481 e. The van der Waals surface area contributed by atoms with E-state index in [9.17, 15) is 9.18 Å². The number of benzene rings is 2. The SMILES string of the molecule is Cc1cccc2c(-c3ccc(F)c4nn(C)c(F)c34)nn(-c3ccc(N4CC[C@@H](CC(=O)O)C4)nc3)c12. The summed E-state index contributed by atoms with van der Waals surface area (Å²) in [5.74, 6) is -1.11. The van der Waals surface area contributed by atoms with Crippen molar-refractivity contribution in [1.29, 1.82) is 0 Å². The summed E-state index contributed by atoms with van der Waals surface area (Å²) in [6.07, 6.45) is 2.71. The second kappa shape index (κ2) is 8.65. The maximum absolute atomic E-state index is 15.0. The Morgan fingerprint density at radius 2 is 1.97 bits per heavy atom. The minimum absolute atomic E-state index is 0.0364. The van der Waals surface area contributed by atoms with Crippen LogP contribution in [0.15, 0.2) is 48.7 Å². The smallest absolute Gasteiger partial charge is 0.303 e. The lowest BCUT2D eigenvalue weighted by Crippen LogP contribution is -2.21. The molecule has 37 heavy (non-hydrogen) atoms. The highest BCUT2D eigenvalue weighted by molar-refractivity contribution is 6.04. The molecule has 1 N–H and O–H groups in total. The fraction of sp³-hybridized carbons (Fsp3) is 0.259. The van der Waals surface area contributed by atoms with Gasteiger partial charge in [-0.2, -0.15) is 14.6 Å². The van der Waals surface area contributed by atoms with Crippen LogP contribution in [0.4, 0.5) is 14.6 Å². The van der Waals surface area contributed by atoms with E-state index in [-0.39, 0.29) is 23.2 Å². The zero-order valence-corrected chi connectivity index (χ0v) is 20.3. The normalized spacial score (nSPS) is 15.8. The van der Waals surface area contributed by atoms with Crippen molar-refractivity contribution in [2.75, 3.05) is 18.0 Å². The lowest BCUT2D eigenvalue weighted by atomic mass is 10.0. The Labute approximate surface area is 210 Å². The number of anilines is 1. The van der Waals surface area contributed by atoms with Crippen LogP contribution in [0.3, 0.4) is 0 Å². The van der Waals surface area contributed by atoms with Crippen molar-refractivity contribution >= 4 is 33.6 Å². The monoisotopic (exact) mass is 502 g/mol. The molecule has 188 valence electrons. The van der Waals surface area contributed by atoms with Crippen LogP contribution in [0.1, 0.15) is 18.4 Å². The van der Waals surface area contributed by atoms with E-state index in [2.05, 4.69) is 15.0 Å². The lowest BCUT2D eigenvalue weighted by Gasteiger charge is -2.17. The van der Waals surface area contributed by atoms with E-state index in [0.717, 1.165) is 45.6 Å². The van der Waals surface area contributed by atoms with Crippen molar-refractivity contribution in [3.63, 3.8) is 0 Å². The number of para-hydroxylation sites is 1. The molecule has 0 unspecified atom stereocenters. The number of carbonyl (C=O) groups is 1. The summed E-state index contributed by atoms with van der Waals surface area (Å²) < 4.78 is 32.3. The first kappa shape index (κ1) is 23.1. The van der Waals surface area contributed by atoms with Crippen molar-refractivity contribution in [3.05, 3.63) is 66.0 Å². The Bertz CT molecular complexity index is 1670. The first-order chi connectivity index (χ1) is 17.8. The van der Waals surface area contributed by atoms with Gasteiger partial charge in [0, 0.05) is 37.5 Å². The van der Waals surface area contributed by atoms with Crippen LogP contribution in [0.2, 0.25) is 0 Å². The fourth-order valence-electron chi connectivity index (χ4n) is 5.29. The molecule has 1 aliphatic heterocycles. The standard InChI is InChI=1S/C27H24F2N6O2/c1-15-4-3-5-19-24(18-7-8-20(28)25-23(18)27(29)33(2)31-25)32-35(26(15)19)17-6-9-21(30-13-17)34-11-10-16(14-34)12-22(36)37/h3-9,13,16H,10-12,14H2,1-2H3,(H,36,37)/t16-/m0/s1. The van der Waals surface area contributed by atoms with Gasteiger partial charge in [-0.3, -0.25) is 4.79 Å². The van der Waals surface area contributed by atoms with Gasteiger partial charge in [-0.05, 0) is 49.1 Å². The number of aromatic nitrogens is 5. The number of carboxylic acid groups (broad SMARTS) is 1. The van der Waals surface area contributed by atoms with Gasteiger partial charge in [0.05, 0.1) is 22.8 Å². The van der Waals surface area contributed by atoms with Crippen LogP contribution in [-0.2, 0) is 11.8 Å². The molecule has 8 nitrogen and oxygen atoms in total. The Balaban J connectivity index is 1.44. The van der Waals surface area contributed by atoms with Crippen LogP contribution >= 0.6 is 0 Å². The molecule has 1 fully saturated rings. The zero-order valence-electron chi connectivity index (χ0n) is 20.3. The Hall–Kier alpha value is -4.34. The van der Waals surface area contributed by atoms with E-state index in [1.165, 1.54) is 13.1 Å². The number of hydrogen-bond donors (Lipinski definition) is 1. The number of rotatable bonds is 5. The van der Waals surface area contributed by atoms with Gasteiger partial charge < -0.3 is 10.0 Å². The number of nitrogens with zero attached hydrogens (tertiary/aromatic N) is 6. The molecule has 1 aliphatic rings. The molecule has 0 bridgehead atoms. The summed E-state index contributed by atoms with van der Waals surface area (Å²) >= 11 is 0. The average molecular weight is 503 g/mol. The van der Waals surface area contributed by atoms with E-state index < -0.39 is 17.7 Å². The number of carboxylic acids is 1. The quantitative estimate of drug-likeness (QED) is 0.369. The molecule has 0 spiro atoms. The van der Waals surface area contributed by atoms with E-state index in [4.69, 9.17) is 10.2 Å². The first-order valence-electron chi connectivity index (χ1n) is 12.0. The topological polar surface area (TPSA) is 89.1 Å². The summed E-state index contributed by atoms with van der Waals surface area (Å²) in [5.41, 5.74) is 3.49. The second-order valence-electron chi connectivity index (χ2n) is 9.54. The number of aliphatic carboxylic acids is 1. The number of fused-ring (bicyclic) bond motifs is 2. The highest BCUT2D eigenvalue weighted by Gasteiger charge is 2.26. The Morgan fingerprint density at radius 1 is 1.14 bits per heavy atom. The fourth-order valence-corrected chi connectivity index (χ4v) is 5.29. The highest BCUT2D eigenvalue weighted by atomic mass is 19.1. The van der Waals surface area contributed by atoms with E-state index >= 15 is 4.39 Å². The van der Waals surface area contributed by atoms with Gasteiger partial charge in [-0.25, -0.2) is 18.7 Å². The maximum Gasteiger partial charge on any atom is 0.303 e. The van der Waals surface area contributed by atoms with E-state index in [1.54, 1.807) is 16.9 Å². The van der Waals surface area contributed by atoms with Gasteiger partial charge in [0.2, 0.25) is 5.95 Å². The molecule has 4 heterocycles. The van der Waals surface area contributed by atoms with Crippen molar-refractivity contribution in [1.82, 2.24) is 24.5 Å². The Morgan fingerprint density at radius 3 is 2.73 bits per heavy atom. The van der Waals surface area contributed by atoms with Crippen molar-refractivity contribution in [2.45, 2.75) is 19.8 Å². The van der Waals surface area contributed by atoms with Crippen LogP contribution < -0.4 is 4.90 Å². The minimum Gasteiger partial charge on any atom is -0.481 e. The maximum atomic E-state index is 15.0. The molecule has 0 radical (unpaired) electrons. The molecule has 6 rings (SSSR count). The molecule has 10 heteroatoms. The van der Waals surface area contributed by atoms with Gasteiger partial charge >= 0.3 is 5.97 Å². The summed E-state index contributed by atoms with van der Waals surface area (Å²) in [6, 6.07) is 12.5. The number of hydrogen-bond acceptors (Lipinski definition) is 5. The lowest BCUT2D eigenvalue weighted by molar-refractivity contribution is -0.137. The Kier molecular flexibility index (Phi) is 5.40. The van der Waals surface area contributed by atoms with Gasteiger partial charge in [-0.15, -0.1) is 0 Å².